The summed E-state index contributed by atoms with van der Waals surface area (Å²) in [5.41, 5.74) is -0.795. The van der Waals surface area contributed by atoms with Crippen LogP contribution in [0.1, 0.15) is 31.2 Å². The number of nitrogens with one attached hydrogen (secondary N) is 1. The van der Waals surface area contributed by atoms with Crippen LogP contribution in [0.25, 0.3) is 0 Å². The molecule has 2 N–H and O–H groups in total. The van der Waals surface area contributed by atoms with Crippen molar-refractivity contribution in [3.8, 4) is 5.75 Å². The van der Waals surface area contributed by atoms with Gasteiger partial charge in [0.05, 0.1) is 18.0 Å². The molecule has 2 atom stereocenters. The van der Waals surface area contributed by atoms with Crippen molar-refractivity contribution >= 4 is 11.9 Å². The lowest BCUT2D eigenvalue weighted by atomic mass is 9.81. The average molecular weight is 359 g/mol. The van der Waals surface area contributed by atoms with E-state index in [4.69, 9.17) is 9.84 Å². The Labute approximate surface area is 143 Å². The number of ether oxygens (including phenoxy) is 1. The van der Waals surface area contributed by atoms with Gasteiger partial charge in [0.15, 0.2) is 0 Å². The second kappa shape index (κ2) is 8.22. The van der Waals surface area contributed by atoms with Gasteiger partial charge in [-0.1, -0.05) is 12.5 Å². The Morgan fingerprint density at radius 2 is 1.96 bits per heavy atom. The van der Waals surface area contributed by atoms with Crippen molar-refractivity contribution in [2.45, 2.75) is 31.9 Å². The number of amides is 1. The van der Waals surface area contributed by atoms with Crippen molar-refractivity contribution < 1.29 is 32.6 Å². The minimum atomic E-state index is -4.44. The number of benzene rings is 1. The molecular formula is C17H20F3NO4. The van der Waals surface area contributed by atoms with Crippen LogP contribution in [0, 0.1) is 11.8 Å². The van der Waals surface area contributed by atoms with E-state index < -0.39 is 23.6 Å². The molecule has 0 bridgehead atoms. The van der Waals surface area contributed by atoms with E-state index in [0.717, 1.165) is 12.1 Å². The quantitative estimate of drug-likeness (QED) is 0.766. The van der Waals surface area contributed by atoms with Crippen LogP contribution in [-0.4, -0.2) is 30.1 Å². The summed E-state index contributed by atoms with van der Waals surface area (Å²) < 4.78 is 43.0. The molecule has 0 heterocycles. The van der Waals surface area contributed by atoms with Crippen molar-refractivity contribution in [2.24, 2.45) is 11.8 Å². The van der Waals surface area contributed by atoms with Gasteiger partial charge in [-0.05, 0) is 37.5 Å². The highest BCUT2D eigenvalue weighted by Gasteiger charge is 2.31. The van der Waals surface area contributed by atoms with Crippen LogP contribution in [-0.2, 0) is 15.8 Å². The Bertz CT molecular complexity index is 618. The molecule has 2 rings (SSSR count). The summed E-state index contributed by atoms with van der Waals surface area (Å²) in [6, 6.07) is 4.53. The lowest BCUT2D eigenvalue weighted by Crippen LogP contribution is -2.37. The number of hydrogen-bond acceptors (Lipinski definition) is 3. The Hall–Kier alpha value is -2.25. The summed E-state index contributed by atoms with van der Waals surface area (Å²) in [5.74, 6) is -1.88. The third-order valence-corrected chi connectivity index (χ3v) is 4.23. The number of carboxylic acid groups (broad SMARTS) is 1. The molecule has 1 aromatic rings. The van der Waals surface area contributed by atoms with E-state index in [1.165, 1.54) is 12.1 Å². The lowest BCUT2D eigenvalue weighted by molar-refractivity contribution is -0.144. The van der Waals surface area contributed by atoms with Crippen LogP contribution < -0.4 is 10.1 Å². The summed E-state index contributed by atoms with van der Waals surface area (Å²) in [7, 11) is 0. The highest BCUT2D eigenvalue weighted by atomic mass is 19.4. The number of aliphatic carboxylic acids is 1. The zero-order valence-electron chi connectivity index (χ0n) is 13.5. The van der Waals surface area contributed by atoms with Gasteiger partial charge in [-0.25, -0.2) is 0 Å². The fourth-order valence-corrected chi connectivity index (χ4v) is 2.90. The van der Waals surface area contributed by atoms with E-state index in [9.17, 15) is 22.8 Å². The summed E-state index contributed by atoms with van der Waals surface area (Å²) in [4.78, 5) is 23.1. The largest absolute Gasteiger partial charge is 0.492 e. The summed E-state index contributed by atoms with van der Waals surface area (Å²) in [6.45, 7) is 0.172. The molecule has 2 unspecified atom stereocenters. The van der Waals surface area contributed by atoms with Crippen LogP contribution in [0.4, 0.5) is 13.2 Å². The summed E-state index contributed by atoms with van der Waals surface area (Å²) in [5, 5.41) is 11.7. The molecule has 0 spiro atoms. The van der Waals surface area contributed by atoms with Crippen molar-refractivity contribution in [1.29, 1.82) is 0 Å². The molecule has 5 nitrogen and oxygen atoms in total. The lowest BCUT2D eigenvalue weighted by Gasteiger charge is -2.25. The molecule has 25 heavy (non-hydrogen) atoms. The average Bonchev–Trinajstić information content (AvgIpc) is 2.58. The minimum Gasteiger partial charge on any atom is -0.492 e. The number of carbonyl (C=O) groups excluding carboxylic acids is 1. The van der Waals surface area contributed by atoms with Crippen LogP contribution in [0.2, 0.25) is 0 Å². The maximum Gasteiger partial charge on any atom is 0.416 e. The SMILES string of the molecule is O=C(O)C1CCCC(C(=O)NCCOc2cccc(C(F)(F)F)c2)C1. The third-order valence-electron chi connectivity index (χ3n) is 4.23. The molecule has 8 heteroatoms. The molecule has 1 amide bonds. The predicted octanol–water partition coefficient (Wildman–Crippen LogP) is 3.09. The number of alkyl halides is 3. The van der Waals surface area contributed by atoms with Gasteiger partial charge in [-0.2, -0.15) is 13.2 Å². The molecule has 1 aromatic carbocycles. The van der Waals surface area contributed by atoms with Crippen LogP contribution >= 0.6 is 0 Å². The van der Waals surface area contributed by atoms with Crippen molar-refractivity contribution in [3.63, 3.8) is 0 Å². The van der Waals surface area contributed by atoms with Gasteiger partial charge in [0.25, 0.3) is 0 Å². The maximum atomic E-state index is 12.6. The molecule has 0 saturated heterocycles. The first-order valence-electron chi connectivity index (χ1n) is 8.08. The van der Waals surface area contributed by atoms with Gasteiger partial charge in [0, 0.05) is 5.92 Å². The van der Waals surface area contributed by atoms with Gasteiger partial charge in [-0.3, -0.25) is 9.59 Å². The van der Waals surface area contributed by atoms with Crippen molar-refractivity contribution in [1.82, 2.24) is 5.32 Å². The van der Waals surface area contributed by atoms with Crippen LogP contribution in [0.15, 0.2) is 24.3 Å². The van der Waals surface area contributed by atoms with Gasteiger partial charge >= 0.3 is 12.1 Å². The fraction of sp³-hybridized carbons (Fsp3) is 0.529. The first-order chi connectivity index (χ1) is 11.8. The minimum absolute atomic E-state index is 0.0299. The molecule has 0 aromatic heterocycles. The van der Waals surface area contributed by atoms with Gasteiger partial charge in [-0.15, -0.1) is 0 Å². The first-order valence-corrected chi connectivity index (χ1v) is 8.08. The molecular weight excluding hydrogens is 339 g/mol. The summed E-state index contributed by atoms with van der Waals surface area (Å²) in [6.07, 6.45) is -2.21. The maximum absolute atomic E-state index is 12.6. The van der Waals surface area contributed by atoms with Crippen molar-refractivity contribution in [2.75, 3.05) is 13.2 Å². The van der Waals surface area contributed by atoms with Gasteiger partial charge < -0.3 is 15.2 Å². The van der Waals surface area contributed by atoms with Gasteiger partial charge in [0.2, 0.25) is 5.91 Å². The number of hydrogen-bond donors (Lipinski definition) is 2. The third kappa shape index (κ3) is 5.65. The number of rotatable bonds is 6. The fourth-order valence-electron chi connectivity index (χ4n) is 2.90. The van der Waals surface area contributed by atoms with Crippen molar-refractivity contribution in [3.05, 3.63) is 29.8 Å². The second-order valence-electron chi connectivity index (χ2n) is 6.06. The number of carboxylic acids is 1. The normalized spacial score (nSPS) is 20.8. The zero-order valence-corrected chi connectivity index (χ0v) is 13.5. The molecule has 138 valence electrons. The van der Waals surface area contributed by atoms with E-state index >= 15 is 0 Å². The van der Waals surface area contributed by atoms with E-state index in [1.807, 2.05) is 0 Å². The molecule has 0 radical (unpaired) electrons. The standard InChI is InChI=1S/C17H20F3NO4/c18-17(19,20)13-5-2-6-14(10-13)25-8-7-21-15(22)11-3-1-4-12(9-11)16(23)24/h2,5-6,10-12H,1,3-4,7-9H2,(H,21,22)(H,23,24). The van der Waals surface area contributed by atoms with E-state index in [0.29, 0.717) is 25.7 Å². The smallest absolute Gasteiger partial charge is 0.416 e. The van der Waals surface area contributed by atoms with Crippen LogP contribution in [0.3, 0.4) is 0 Å². The zero-order chi connectivity index (χ0) is 18.4. The van der Waals surface area contributed by atoms with E-state index in [-0.39, 0.29) is 30.7 Å². The topological polar surface area (TPSA) is 75.6 Å². The molecule has 1 aliphatic carbocycles. The first kappa shape index (κ1) is 19.1. The number of carbonyl (C=O) groups is 2. The number of halogens is 3. The van der Waals surface area contributed by atoms with E-state index in [1.54, 1.807) is 0 Å². The highest BCUT2D eigenvalue weighted by molar-refractivity contribution is 5.80. The Balaban J connectivity index is 1.76. The van der Waals surface area contributed by atoms with Gasteiger partial charge in [0.1, 0.15) is 12.4 Å². The molecule has 1 saturated carbocycles. The monoisotopic (exact) mass is 359 g/mol. The molecule has 1 fully saturated rings. The molecule has 0 aliphatic heterocycles. The Morgan fingerprint density at radius 3 is 2.64 bits per heavy atom. The van der Waals surface area contributed by atoms with Crippen LogP contribution in [0.5, 0.6) is 5.75 Å². The summed E-state index contributed by atoms with van der Waals surface area (Å²) >= 11 is 0. The molecule has 1 aliphatic rings. The predicted molar refractivity (Wildman–Crippen MR) is 83.0 cm³/mol. The Morgan fingerprint density at radius 1 is 1.24 bits per heavy atom. The Kier molecular flexibility index (Phi) is 6.27. The highest BCUT2D eigenvalue weighted by Crippen LogP contribution is 2.31. The second-order valence-corrected chi connectivity index (χ2v) is 6.06. The van der Waals surface area contributed by atoms with E-state index in [2.05, 4.69) is 5.32 Å².